The van der Waals surface area contributed by atoms with E-state index in [9.17, 15) is 5.11 Å². The number of hydrogen-bond acceptors (Lipinski definition) is 4. The quantitative estimate of drug-likeness (QED) is 0.679. The van der Waals surface area contributed by atoms with E-state index in [4.69, 9.17) is 4.74 Å². The fourth-order valence-electron chi connectivity index (χ4n) is 2.25. The van der Waals surface area contributed by atoms with E-state index in [0.717, 1.165) is 6.54 Å². The van der Waals surface area contributed by atoms with Crippen molar-refractivity contribution in [3.63, 3.8) is 0 Å². The van der Waals surface area contributed by atoms with Gasteiger partial charge in [-0.3, -0.25) is 0 Å². The Morgan fingerprint density at radius 1 is 1.60 bits per heavy atom. The minimum Gasteiger partial charge on any atom is -0.389 e. The van der Waals surface area contributed by atoms with Gasteiger partial charge in [0.1, 0.15) is 0 Å². The average molecular weight is 216 g/mol. The molecule has 4 nitrogen and oxygen atoms in total. The first-order valence-electron chi connectivity index (χ1n) is 5.69. The Balaban J connectivity index is 2.19. The summed E-state index contributed by atoms with van der Waals surface area (Å²) in [6.45, 7) is 3.36. The molecule has 0 aromatic carbocycles. The predicted molar refractivity (Wildman–Crippen MR) is 61.0 cm³/mol. The number of methoxy groups -OCH3 is 1. The lowest BCUT2D eigenvalue weighted by molar-refractivity contribution is 0.0393. The standard InChI is InChI=1S/C11H24N2O2/c1-12(8-11(14)9-15-3)7-10-5-4-6-13(10)2/h10-11,14H,4-9H2,1-3H3. The highest BCUT2D eigenvalue weighted by molar-refractivity contribution is 4.79. The van der Waals surface area contributed by atoms with Gasteiger partial charge in [0.15, 0.2) is 0 Å². The van der Waals surface area contributed by atoms with Gasteiger partial charge in [0, 0.05) is 26.2 Å². The molecule has 0 aromatic heterocycles. The molecule has 4 heteroatoms. The lowest BCUT2D eigenvalue weighted by atomic mass is 10.2. The molecule has 0 aromatic rings. The third-order valence-electron chi connectivity index (χ3n) is 3.08. The minimum absolute atomic E-state index is 0.369. The summed E-state index contributed by atoms with van der Waals surface area (Å²) in [4.78, 5) is 4.59. The number of hydrogen-bond donors (Lipinski definition) is 1. The normalized spacial score (nSPS) is 25.0. The molecule has 0 bridgehead atoms. The highest BCUT2D eigenvalue weighted by atomic mass is 16.5. The monoisotopic (exact) mass is 216 g/mol. The van der Waals surface area contributed by atoms with Crippen molar-refractivity contribution in [1.82, 2.24) is 9.80 Å². The summed E-state index contributed by atoms with van der Waals surface area (Å²) in [5.41, 5.74) is 0. The van der Waals surface area contributed by atoms with Gasteiger partial charge < -0.3 is 19.6 Å². The average Bonchev–Trinajstić information content (AvgIpc) is 2.52. The van der Waals surface area contributed by atoms with Crippen molar-refractivity contribution in [2.24, 2.45) is 0 Å². The third kappa shape index (κ3) is 4.47. The fourth-order valence-corrected chi connectivity index (χ4v) is 2.25. The van der Waals surface area contributed by atoms with Crippen LogP contribution in [0, 0.1) is 0 Å². The molecule has 15 heavy (non-hydrogen) atoms. The lowest BCUT2D eigenvalue weighted by Crippen LogP contribution is -2.40. The van der Waals surface area contributed by atoms with Crippen molar-refractivity contribution in [3.05, 3.63) is 0 Å². The van der Waals surface area contributed by atoms with E-state index in [-0.39, 0.29) is 6.10 Å². The van der Waals surface area contributed by atoms with Crippen molar-refractivity contribution >= 4 is 0 Å². The van der Waals surface area contributed by atoms with Crippen LogP contribution in [0.1, 0.15) is 12.8 Å². The molecule has 90 valence electrons. The Labute approximate surface area is 92.8 Å². The van der Waals surface area contributed by atoms with Crippen molar-refractivity contribution in [1.29, 1.82) is 0 Å². The van der Waals surface area contributed by atoms with Gasteiger partial charge in [0.05, 0.1) is 12.7 Å². The molecule has 1 heterocycles. The number of likely N-dealkylation sites (N-methyl/N-ethyl adjacent to an activating group) is 2. The number of nitrogens with zero attached hydrogens (tertiary/aromatic N) is 2. The van der Waals surface area contributed by atoms with E-state index >= 15 is 0 Å². The summed E-state index contributed by atoms with van der Waals surface area (Å²) in [6.07, 6.45) is 2.21. The molecule has 0 aliphatic carbocycles. The zero-order chi connectivity index (χ0) is 11.3. The molecule has 0 saturated carbocycles. The van der Waals surface area contributed by atoms with Crippen molar-refractivity contribution < 1.29 is 9.84 Å². The molecule has 1 saturated heterocycles. The number of ether oxygens (including phenoxy) is 1. The van der Waals surface area contributed by atoms with E-state index in [1.54, 1.807) is 7.11 Å². The maximum absolute atomic E-state index is 9.58. The van der Waals surface area contributed by atoms with E-state index in [0.29, 0.717) is 19.2 Å². The summed E-state index contributed by atoms with van der Waals surface area (Å²) >= 11 is 0. The summed E-state index contributed by atoms with van der Waals surface area (Å²) in [7, 11) is 5.86. The zero-order valence-electron chi connectivity index (χ0n) is 10.1. The first kappa shape index (κ1) is 12.9. The molecule has 1 N–H and O–H groups in total. The number of rotatable bonds is 6. The first-order valence-corrected chi connectivity index (χ1v) is 5.69. The van der Waals surface area contributed by atoms with Crippen LogP contribution in [0.15, 0.2) is 0 Å². The van der Waals surface area contributed by atoms with Crippen LogP contribution in [-0.4, -0.2) is 74.5 Å². The second-order valence-corrected chi connectivity index (χ2v) is 4.61. The fraction of sp³-hybridized carbons (Fsp3) is 1.00. The Kier molecular flexibility index (Phi) is 5.53. The Morgan fingerprint density at radius 3 is 2.87 bits per heavy atom. The Hall–Kier alpha value is -0.160. The van der Waals surface area contributed by atoms with Crippen LogP contribution in [0.4, 0.5) is 0 Å². The Morgan fingerprint density at radius 2 is 2.33 bits per heavy atom. The largest absolute Gasteiger partial charge is 0.389 e. The number of likely N-dealkylation sites (tertiary alicyclic amines) is 1. The second-order valence-electron chi connectivity index (χ2n) is 4.61. The molecule has 1 aliphatic heterocycles. The number of aliphatic hydroxyl groups excluding tert-OH is 1. The maximum atomic E-state index is 9.58. The van der Waals surface area contributed by atoms with Crippen LogP contribution in [-0.2, 0) is 4.74 Å². The summed E-state index contributed by atoms with van der Waals surface area (Å²) in [5, 5.41) is 9.58. The predicted octanol–water partition coefficient (Wildman–Crippen LogP) is 0.0197. The van der Waals surface area contributed by atoms with Crippen LogP contribution in [0.25, 0.3) is 0 Å². The topological polar surface area (TPSA) is 35.9 Å². The highest BCUT2D eigenvalue weighted by Gasteiger charge is 2.22. The molecular formula is C11H24N2O2. The van der Waals surface area contributed by atoms with Crippen LogP contribution in [0.3, 0.4) is 0 Å². The lowest BCUT2D eigenvalue weighted by Gasteiger charge is -2.27. The van der Waals surface area contributed by atoms with E-state index in [2.05, 4.69) is 23.9 Å². The third-order valence-corrected chi connectivity index (χ3v) is 3.08. The summed E-state index contributed by atoms with van der Waals surface area (Å²) in [5.74, 6) is 0. The molecule has 1 aliphatic rings. The summed E-state index contributed by atoms with van der Waals surface area (Å²) < 4.78 is 4.91. The summed E-state index contributed by atoms with van der Waals surface area (Å²) in [6, 6.07) is 0.657. The minimum atomic E-state index is -0.369. The second kappa shape index (κ2) is 6.43. The molecule has 2 atom stereocenters. The zero-order valence-corrected chi connectivity index (χ0v) is 10.1. The van der Waals surface area contributed by atoms with Gasteiger partial charge in [0.25, 0.3) is 0 Å². The van der Waals surface area contributed by atoms with Gasteiger partial charge in [-0.1, -0.05) is 0 Å². The number of aliphatic hydroxyl groups is 1. The van der Waals surface area contributed by atoms with Gasteiger partial charge in [-0.2, -0.15) is 0 Å². The van der Waals surface area contributed by atoms with Gasteiger partial charge >= 0.3 is 0 Å². The van der Waals surface area contributed by atoms with Crippen LogP contribution in [0.2, 0.25) is 0 Å². The van der Waals surface area contributed by atoms with Crippen molar-refractivity contribution in [2.75, 3.05) is 47.4 Å². The van der Waals surface area contributed by atoms with E-state index in [1.807, 2.05) is 0 Å². The van der Waals surface area contributed by atoms with Crippen molar-refractivity contribution in [2.45, 2.75) is 25.0 Å². The molecule has 2 unspecified atom stereocenters. The Bertz CT molecular complexity index is 178. The van der Waals surface area contributed by atoms with E-state index < -0.39 is 0 Å². The highest BCUT2D eigenvalue weighted by Crippen LogP contribution is 2.15. The van der Waals surface area contributed by atoms with E-state index in [1.165, 1.54) is 19.4 Å². The van der Waals surface area contributed by atoms with Gasteiger partial charge in [-0.25, -0.2) is 0 Å². The molecule has 0 spiro atoms. The molecular weight excluding hydrogens is 192 g/mol. The first-order chi connectivity index (χ1) is 7.13. The van der Waals surface area contributed by atoms with Crippen LogP contribution in [0.5, 0.6) is 0 Å². The van der Waals surface area contributed by atoms with Crippen LogP contribution >= 0.6 is 0 Å². The molecule has 0 amide bonds. The van der Waals surface area contributed by atoms with Gasteiger partial charge in [-0.05, 0) is 33.5 Å². The smallest absolute Gasteiger partial charge is 0.0899 e. The molecule has 1 fully saturated rings. The SMILES string of the molecule is COCC(O)CN(C)CC1CCCN1C. The van der Waals surface area contributed by atoms with Crippen molar-refractivity contribution in [3.8, 4) is 0 Å². The van der Waals surface area contributed by atoms with Gasteiger partial charge in [-0.15, -0.1) is 0 Å². The molecule has 1 rings (SSSR count). The van der Waals surface area contributed by atoms with Crippen LogP contribution < -0.4 is 0 Å². The van der Waals surface area contributed by atoms with Gasteiger partial charge in [0.2, 0.25) is 0 Å². The maximum Gasteiger partial charge on any atom is 0.0899 e. The molecule has 0 radical (unpaired) electrons.